The number of benzene rings is 3. The summed E-state index contributed by atoms with van der Waals surface area (Å²) in [6.07, 6.45) is 0.188. The number of hydrogen-bond donors (Lipinski definition) is 2. The maximum absolute atomic E-state index is 12.2. The van der Waals surface area contributed by atoms with Crippen molar-refractivity contribution in [3.63, 3.8) is 0 Å². The summed E-state index contributed by atoms with van der Waals surface area (Å²) in [7, 11) is 0. The van der Waals surface area contributed by atoms with Crippen LogP contribution in [0.4, 0.5) is 11.4 Å². The van der Waals surface area contributed by atoms with Crippen LogP contribution in [0, 0.1) is 10.1 Å². The number of imidazole rings is 1. The fraction of sp³-hybridized carbons (Fsp3) is 0.0476. The van der Waals surface area contributed by atoms with Gasteiger partial charge in [0, 0.05) is 28.4 Å². The fourth-order valence-corrected chi connectivity index (χ4v) is 3.30. The summed E-state index contributed by atoms with van der Waals surface area (Å²) in [6, 6.07) is 17.9. The number of fused-ring (bicyclic) bond motifs is 1. The highest BCUT2D eigenvalue weighted by atomic mass is 35.5. The first kappa shape index (κ1) is 19.4. The molecule has 3 aromatic carbocycles. The molecule has 0 aliphatic heterocycles. The van der Waals surface area contributed by atoms with Crippen LogP contribution in [0.5, 0.6) is 0 Å². The van der Waals surface area contributed by atoms with Crippen LogP contribution in [-0.4, -0.2) is 25.8 Å². The van der Waals surface area contributed by atoms with E-state index < -0.39 is 4.92 Å². The van der Waals surface area contributed by atoms with Crippen LogP contribution >= 0.6 is 11.6 Å². The molecule has 1 aromatic heterocycles. The quantitative estimate of drug-likeness (QED) is 0.275. The van der Waals surface area contributed by atoms with E-state index in [0.717, 1.165) is 10.3 Å². The minimum absolute atomic E-state index is 0.137. The van der Waals surface area contributed by atoms with E-state index >= 15 is 0 Å². The molecule has 0 saturated carbocycles. The second-order valence-corrected chi connectivity index (χ2v) is 7.05. The summed E-state index contributed by atoms with van der Waals surface area (Å²) in [5.74, 6) is 0.0500. The van der Waals surface area contributed by atoms with E-state index in [-0.39, 0.29) is 29.4 Å². The van der Waals surface area contributed by atoms with Gasteiger partial charge in [-0.15, -0.1) is 0 Å². The Labute approximate surface area is 175 Å². The molecule has 1 heterocycles. The summed E-state index contributed by atoms with van der Waals surface area (Å²) in [4.78, 5) is 27.0. The molecule has 150 valence electrons. The minimum Gasteiger partial charge on any atom is -0.426 e. The number of hydrogen-bond acceptors (Lipinski definition) is 5. The van der Waals surface area contributed by atoms with Crippen LogP contribution < -0.4 is 5.32 Å². The molecule has 4 aromatic rings. The normalized spacial score (nSPS) is 10.8. The van der Waals surface area contributed by atoms with Gasteiger partial charge in [0.2, 0.25) is 5.91 Å². The van der Waals surface area contributed by atoms with Gasteiger partial charge in [-0.3, -0.25) is 14.9 Å². The van der Waals surface area contributed by atoms with E-state index in [1.807, 2.05) is 6.07 Å². The van der Waals surface area contributed by atoms with Crippen molar-refractivity contribution in [2.45, 2.75) is 6.42 Å². The van der Waals surface area contributed by atoms with Crippen LogP contribution in [0.3, 0.4) is 0 Å². The van der Waals surface area contributed by atoms with Gasteiger partial charge in [-0.2, -0.15) is 4.73 Å². The fourth-order valence-electron chi connectivity index (χ4n) is 3.09. The van der Waals surface area contributed by atoms with Crippen molar-refractivity contribution in [3.8, 4) is 11.4 Å². The molecule has 0 aliphatic carbocycles. The van der Waals surface area contributed by atoms with Gasteiger partial charge in [0.05, 0.1) is 16.9 Å². The summed E-state index contributed by atoms with van der Waals surface area (Å²) in [5, 5.41) is 24.7. The first-order valence-electron chi connectivity index (χ1n) is 8.91. The lowest BCUT2D eigenvalue weighted by Gasteiger charge is -2.07. The summed E-state index contributed by atoms with van der Waals surface area (Å²) < 4.78 is 0.815. The topological polar surface area (TPSA) is 110 Å². The average Bonchev–Trinajstić information content (AvgIpc) is 3.04. The van der Waals surface area contributed by atoms with Gasteiger partial charge in [0.15, 0.2) is 5.82 Å². The zero-order valence-electron chi connectivity index (χ0n) is 15.4. The third-order valence-electron chi connectivity index (χ3n) is 4.51. The van der Waals surface area contributed by atoms with E-state index in [0.29, 0.717) is 21.8 Å². The maximum atomic E-state index is 12.2. The molecule has 4 rings (SSSR count). The number of nitro groups is 1. The molecule has 0 bridgehead atoms. The average molecular weight is 423 g/mol. The number of nitrogens with zero attached hydrogens (tertiary/aromatic N) is 3. The smallest absolute Gasteiger partial charge is 0.271 e. The number of aromatic nitrogens is 2. The van der Waals surface area contributed by atoms with Crippen molar-refractivity contribution in [3.05, 3.63) is 87.4 Å². The lowest BCUT2D eigenvalue weighted by atomic mass is 10.1. The Balaban J connectivity index is 1.52. The molecular formula is C21H15ClN4O4. The first-order valence-corrected chi connectivity index (χ1v) is 9.29. The number of carbonyl (C=O) groups excluding carboxylic acids is 1. The number of anilines is 1. The van der Waals surface area contributed by atoms with Crippen molar-refractivity contribution in [2.75, 3.05) is 5.32 Å². The molecule has 0 radical (unpaired) electrons. The molecule has 0 aliphatic rings. The summed E-state index contributed by atoms with van der Waals surface area (Å²) in [6.45, 7) is 0. The first-order chi connectivity index (χ1) is 14.4. The molecule has 0 unspecified atom stereocenters. The summed E-state index contributed by atoms with van der Waals surface area (Å²) in [5.41, 5.74) is 2.50. The van der Waals surface area contributed by atoms with Crippen LogP contribution in [0.15, 0.2) is 66.7 Å². The number of rotatable bonds is 5. The van der Waals surface area contributed by atoms with Gasteiger partial charge in [-0.05, 0) is 48.0 Å². The Morgan fingerprint density at radius 1 is 1.13 bits per heavy atom. The highest BCUT2D eigenvalue weighted by Crippen LogP contribution is 2.27. The van der Waals surface area contributed by atoms with E-state index in [2.05, 4.69) is 10.3 Å². The SMILES string of the molecule is O=C(Cc1cccc(Cl)c1)Nc1ccc(-c2nc3ccc([N+](=O)[O-])cc3n2O)cc1. The Bertz CT molecular complexity index is 1270. The lowest BCUT2D eigenvalue weighted by Crippen LogP contribution is -2.14. The standard InChI is InChI=1S/C21H15ClN4O4/c22-15-3-1-2-13(10-15)11-20(27)23-16-6-4-14(5-7-16)21-24-18-9-8-17(26(29)30)12-19(18)25(21)28/h1-10,12,28H,11H2,(H,23,27). The number of nitrogens with one attached hydrogen (secondary N) is 1. The van der Waals surface area contributed by atoms with Crippen LogP contribution in [-0.2, 0) is 11.2 Å². The van der Waals surface area contributed by atoms with Crippen LogP contribution in [0.2, 0.25) is 5.02 Å². The molecule has 0 spiro atoms. The third-order valence-corrected chi connectivity index (χ3v) is 4.74. The number of carbonyl (C=O) groups is 1. The molecule has 0 atom stereocenters. The lowest BCUT2D eigenvalue weighted by molar-refractivity contribution is -0.384. The predicted molar refractivity (Wildman–Crippen MR) is 113 cm³/mol. The Morgan fingerprint density at radius 2 is 1.90 bits per heavy atom. The zero-order valence-corrected chi connectivity index (χ0v) is 16.2. The molecule has 2 N–H and O–H groups in total. The molecule has 9 heteroatoms. The summed E-state index contributed by atoms with van der Waals surface area (Å²) >= 11 is 5.94. The van der Waals surface area contributed by atoms with Crippen molar-refractivity contribution in [1.82, 2.24) is 9.71 Å². The maximum Gasteiger partial charge on any atom is 0.271 e. The van der Waals surface area contributed by atoms with Gasteiger partial charge < -0.3 is 10.5 Å². The molecule has 8 nitrogen and oxygen atoms in total. The van der Waals surface area contributed by atoms with Gasteiger partial charge in [-0.1, -0.05) is 23.7 Å². The minimum atomic E-state index is -0.535. The van der Waals surface area contributed by atoms with Crippen LogP contribution in [0.1, 0.15) is 5.56 Å². The second kappa shape index (κ2) is 7.84. The third kappa shape index (κ3) is 3.94. The number of nitro benzene ring substituents is 1. The van der Waals surface area contributed by atoms with Gasteiger partial charge in [-0.25, -0.2) is 4.98 Å². The predicted octanol–water partition coefficient (Wildman–Crippen LogP) is 4.68. The molecule has 0 fully saturated rings. The zero-order chi connectivity index (χ0) is 21.3. The van der Waals surface area contributed by atoms with Gasteiger partial charge in [0.1, 0.15) is 5.52 Å². The van der Waals surface area contributed by atoms with Crippen molar-refractivity contribution < 1.29 is 14.9 Å². The van der Waals surface area contributed by atoms with E-state index in [9.17, 15) is 20.1 Å². The van der Waals surface area contributed by atoms with Crippen LogP contribution in [0.25, 0.3) is 22.4 Å². The molecular weight excluding hydrogens is 408 g/mol. The van der Waals surface area contributed by atoms with Crippen molar-refractivity contribution >= 4 is 39.9 Å². The van der Waals surface area contributed by atoms with E-state index in [1.54, 1.807) is 42.5 Å². The number of halogens is 1. The second-order valence-electron chi connectivity index (χ2n) is 6.61. The highest BCUT2D eigenvalue weighted by Gasteiger charge is 2.16. The highest BCUT2D eigenvalue weighted by molar-refractivity contribution is 6.30. The number of non-ortho nitro benzene ring substituents is 1. The van der Waals surface area contributed by atoms with Gasteiger partial charge >= 0.3 is 0 Å². The Kier molecular flexibility index (Phi) is 5.07. The largest absolute Gasteiger partial charge is 0.426 e. The van der Waals surface area contributed by atoms with Crippen molar-refractivity contribution in [2.24, 2.45) is 0 Å². The monoisotopic (exact) mass is 422 g/mol. The van der Waals surface area contributed by atoms with Gasteiger partial charge in [0.25, 0.3) is 5.69 Å². The molecule has 0 saturated heterocycles. The molecule has 1 amide bonds. The van der Waals surface area contributed by atoms with E-state index in [1.165, 1.54) is 18.2 Å². The van der Waals surface area contributed by atoms with Crippen molar-refractivity contribution in [1.29, 1.82) is 0 Å². The number of amides is 1. The molecule has 30 heavy (non-hydrogen) atoms. The Morgan fingerprint density at radius 3 is 2.60 bits per heavy atom. The Hall–Kier alpha value is -3.91. The van der Waals surface area contributed by atoms with E-state index in [4.69, 9.17) is 11.6 Å².